The number of ether oxygens (including phenoxy) is 2. The summed E-state index contributed by atoms with van der Waals surface area (Å²) >= 11 is 0. The molecule has 0 aliphatic heterocycles. The lowest BCUT2D eigenvalue weighted by atomic mass is 10.1. The molecule has 0 N–H and O–H groups in total. The first-order chi connectivity index (χ1) is 10.4. The van der Waals surface area contributed by atoms with Crippen molar-refractivity contribution in [2.24, 2.45) is 5.92 Å². The summed E-state index contributed by atoms with van der Waals surface area (Å²) in [6.45, 7) is 3.45. The van der Waals surface area contributed by atoms with Gasteiger partial charge >= 0.3 is 11.9 Å². The molecule has 1 rings (SSSR count). The lowest BCUT2D eigenvalue weighted by molar-refractivity contribution is -0.161. The molecule has 1 aromatic rings. The SMILES string of the molecule is CCOC(=O)C(CCS(=O)(=O)c1ccccc1)C(=O)OCC. The summed E-state index contributed by atoms with van der Waals surface area (Å²) in [6.07, 6.45) is -0.172. The second-order valence-electron chi connectivity index (χ2n) is 4.48. The van der Waals surface area contributed by atoms with Crippen molar-refractivity contribution in [3.63, 3.8) is 0 Å². The van der Waals surface area contributed by atoms with E-state index in [4.69, 9.17) is 9.47 Å². The minimum absolute atomic E-state index is 0.111. The fourth-order valence-electron chi connectivity index (χ4n) is 1.84. The third-order valence-corrected chi connectivity index (χ3v) is 4.68. The standard InChI is InChI=1S/C15H20O6S/c1-3-20-14(16)13(15(17)21-4-2)10-11-22(18,19)12-8-6-5-7-9-12/h5-9,13H,3-4,10-11H2,1-2H3. The Morgan fingerprint density at radius 1 is 1.00 bits per heavy atom. The Bertz CT molecular complexity index is 576. The molecule has 0 aliphatic rings. The zero-order chi connectivity index (χ0) is 16.6. The average Bonchev–Trinajstić information content (AvgIpc) is 2.49. The fraction of sp³-hybridized carbons (Fsp3) is 0.467. The van der Waals surface area contributed by atoms with Crippen LogP contribution in [0.1, 0.15) is 20.3 Å². The molecular formula is C15H20O6S. The van der Waals surface area contributed by atoms with Crippen molar-refractivity contribution in [3.8, 4) is 0 Å². The smallest absolute Gasteiger partial charge is 0.320 e. The van der Waals surface area contributed by atoms with Gasteiger partial charge < -0.3 is 9.47 Å². The number of sulfone groups is 1. The highest BCUT2D eigenvalue weighted by molar-refractivity contribution is 7.91. The topological polar surface area (TPSA) is 86.7 Å². The third kappa shape index (κ3) is 5.14. The normalized spacial score (nSPS) is 11.2. The lowest BCUT2D eigenvalue weighted by Crippen LogP contribution is -2.30. The van der Waals surface area contributed by atoms with Gasteiger partial charge in [-0.25, -0.2) is 8.42 Å². The van der Waals surface area contributed by atoms with Gasteiger partial charge in [0, 0.05) is 0 Å². The molecule has 122 valence electrons. The van der Waals surface area contributed by atoms with Crippen LogP contribution in [0.15, 0.2) is 35.2 Å². The number of hydrogen-bond donors (Lipinski definition) is 0. The first-order valence-electron chi connectivity index (χ1n) is 7.03. The molecule has 0 aliphatic carbocycles. The van der Waals surface area contributed by atoms with Crippen LogP contribution in [0, 0.1) is 5.92 Å². The molecule has 0 spiro atoms. The molecule has 6 nitrogen and oxygen atoms in total. The number of rotatable bonds is 8. The van der Waals surface area contributed by atoms with Crippen LogP contribution < -0.4 is 0 Å². The summed E-state index contributed by atoms with van der Waals surface area (Å²) in [5.74, 6) is -3.08. The van der Waals surface area contributed by atoms with E-state index in [1.165, 1.54) is 12.1 Å². The Balaban J connectivity index is 2.82. The maximum Gasteiger partial charge on any atom is 0.320 e. The summed E-state index contributed by atoms with van der Waals surface area (Å²) in [5, 5.41) is 0. The van der Waals surface area contributed by atoms with E-state index in [2.05, 4.69) is 0 Å². The van der Waals surface area contributed by atoms with Crippen LogP contribution in [0.4, 0.5) is 0 Å². The Morgan fingerprint density at radius 2 is 1.50 bits per heavy atom. The predicted octanol–water partition coefficient (Wildman–Crippen LogP) is 1.59. The molecule has 0 bridgehead atoms. The molecule has 0 saturated heterocycles. The first kappa shape index (κ1) is 18.2. The maximum absolute atomic E-state index is 12.2. The summed E-state index contributed by atoms with van der Waals surface area (Å²) in [4.78, 5) is 23.7. The van der Waals surface area contributed by atoms with Crippen LogP contribution in [-0.2, 0) is 28.9 Å². The van der Waals surface area contributed by atoms with E-state index >= 15 is 0 Å². The van der Waals surface area contributed by atoms with E-state index < -0.39 is 27.7 Å². The molecule has 1 aromatic carbocycles. The van der Waals surface area contributed by atoms with E-state index in [1.54, 1.807) is 32.0 Å². The van der Waals surface area contributed by atoms with Gasteiger partial charge in [-0.1, -0.05) is 18.2 Å². The molecule has 0 aromatic heterocycles. The van der Waals surface area contributed by atoms with E-state index in [9.17, 15) is 18.0 Å². The highest BCUT2D eigenvalue weighted by Gasteiger charge is 2.31. The van der Waals surface area contributed by atoms with Gasteiger partial charge in [0.15, 0.2) is 15.8 Å². The van der Waals surface area contributed by atoms with Crippen LogP contribution >= 0.6 is 0 Å². The zero-order valence-electron chi connectivity index (χ0n) is 12.7. The van der Waals surface area contributed by atoms with E-state index in [0.29, 0.717) is 0 Å². The van der Waals surface area contributed by atoms with Crippen molar-refractivity contribution >= 4 is 21.8 Å². The van der Waals surface area contributed by atoms with Gasteiger partial charge in [-0.15, -0.1) is 0 Å². The quantitative estimate of drug-likeness (QED) is 0.532. The van der Waals surface area contributed by atoms with Gasteiger partial charge in [-0.2, -0.15) is 0 Å². The van der Waals surface area contributed by atoms with E-state index in [1.807, 2.05) is 0 Å². The first-order valence-corrected chi connectivity index (χ1v) is 8.68. The molecule has 0 fully saturated rings. The molecule has 22 heavy (non-hydrogen) atoms. The number of carbonyl (C=O) groups excluding carboxylic acids is 2. The van der Waals surface area contributed by atoms with Gasteiger partial charge in [-0.05, 0) is 32.4 Å². The summed E-state index contributed by atoms with van der Waals surface area (Å²) in [7, 11) is -3.57. The Morgan fingerprint density at radius 3 is 1.95 bits per heavy atom. The summed E-state index contributed by atoms with van der Waals surface area (Å²) in [6, 6.07) is 7.87. The monoisotopic (exact) mass is 328 g/mol. The Labute approximate surface area is 130 Å². The van der Waals surface area contributed by atoms with Crippen molar-refractivity contribution in [2.45, 2.75) is 25.2 Å². The van der Waals surface area contributed by atoms with Crippen molar-refractivity contribution in [3.05, 3.63) is 30.3 Å². The molecule has 0 heterocycles. The van der Waals surface area contributed by atoms with Crippen molar-refractivity contribution in [2.75, 3.05) is 19.0 Å². The molecule has 0 saturated carbocycles. The highest BCUT2D eigenvalue weighted by Crippen LogP contribution is 2.16. The van der Waals surface area contributed by atoms with Crippen molar-refractivity contribution < 1.29 is 27.5 Å². The van der Waals surface area contributed by atoms with Crippen molar-refractivity contribution in [1.82, 2.24) is 0 Å². The number of carbonyl (C=O) groups is 2. The van der Waals surface area contributed by atoms with E-state index in [0.717, 1.165) is 0 Å². The summed E-state index contributed by atoms with van der Waals surface area (Å²) < 4.78 is 34.0. The molecule has 0 amide bonds. The largest absolute Gasteiger partial charge is 0.465 e. The van der Waals surface area contributed by atoms with Gasteiger partial charge in [0.05, 0.1) is 23.9 Å². The second-order valence-corrected chi connectivity index (χ2v) is 6.59. The van der Waals surface area contributed by atoms with Gasteiger partial charge in [0.2, 0.25) is 0 Å². The summed E-state index contributed by atoms with van der Waals surface area (Å²) in [5.41, 5.74) is 0. The maximum atomic E-state index is 12.2. The number of benzene rings is 1. The molecule has 0 unspecified atom stereocenters. The number of hydrogen-bond acceptors (Lipinski definition) is 6. The van der Waals surface area contributed by atoms with Gasteiger partial charge in [-0.3, -0.25) is 9.59 Å². The van der Waals surface area contributed by atoms with Crippen LogP contribution in [-0.4, -0.2) is 39.3 Å². The van der Waals surface area contributed by atoms with Crippen molar-refractivity contribution in [1.29, 1.82) is 0 Å². The van der Waals surface area contributed by atoms with Crippen LogP contribution in [0.3, 0.4) is 0 Å². The van der Waals surface area contributed by atoms with Crippen LogP contribution in [0.25, 0.3) is 0 Å². The Hall–Kier alpha value is -1.89. The average molecular weight is 328 g/mol. The molecular weight excluding hydrogens is 308 g/mol. The van der Waals surface area contributed by atoms with Crippen LogP contribution in [0.2, 0.25) is 0 Å². The molecule has 7 heteroatoms. The van der Waals surface area contributed by atoms with Gasteiger partial charge in [0.25, 0.3) is 0 Å². The highest BCUT2D eigenvalue weighted by atomic mass is 32.2. The number of esters is 2. The Kier molecular flexibility index (Phi) is 7.04. The zero-order valence-corrected chi connectivity index (χ0v) is 13.5. The predicted molar refractivity (Wildman–Crippen MR) is 79.9 cm³/mol. The lowest BCUT2D eigenvalue weighted by Gasteiger charge is -2.14. The minimum atomic E-state index is -3.57. The molecule has 0 radical (unpaired) electrons. The van der Waals surface area contributed by atoms with E-state index in [-0.39, 0.29) is 30.3 Å². The van der Waals surface area contributed by atoms with Gasteiger partial charge in [0.1, 0.15) is 0 Å². The third-order valence-electron chi connectivity index (χ3n) is 2.92. The van der Waals surface area contributed by atoms with Crippen LogP contribution in [0.5, 0.6) is 0 Å². The minimum Gasteiger partial charge on any atom is -0.465 e. The second kappa shape index (κ2) is 8.53. The fourth-order valence-corrected chi connectivity index (χ4v) is 3.19. The molecule has 0 atom stereocenters.